The smallest absolute Gasteiger partial charge is 0.241 e. The van der Waals surface area contributed by atoms with E-state index in [0.717, 1.165) is 8.28 Å². The maximum absolute atomic E-state index is 11.6. The number of hydrogen-bond acceptors (Lipinski definition) is 3. The molecule has 0 atom stereocenters. The predicted octanol–water partition coefficient (Wildman–Crippen LogP) is -0.794. The zero-order chi connectivity index (χ0) is 10.1. The summed E-state index contributed by atoms with van der Waals surface area (Å²) in [5.41, 5.74) is 0. The number of imidazole rings is 1. The minimum Gasteiger partial charge on any atom is -0.241 e. The average Bonchev–Trinajstić information content (AvgIpc) is 2.51. The standard InChI is InChI=1S/C6H10BN3O2S/c1-9(2)13(11,12)10-4-3-8-6(10)5-7/h3-4H,5H2,1-2H3. The lowest BCUT2D eigenvalue weighted by Gasteiger charge is -2.13. The summed E-state index contributed by atoms with van der Waals surface area (Å²) in [4.78, 5) is 3.82. The fourth-order valence-electron chi connectivity index (χ4n) is 0.852. The van der Waals surface area contributed by atoms with Gasteiger partial charge in [-0.25, -0.2) is 8.96 Å². The SMILES string of the molecule is [B]Cc1nccn1S(=O)(=O)N(C)C. The molecule has 0 amide bonds. The Morgan fingerprint density at radius 3 is 2.69 bits per heavy atom. The van der Waals surface area contributed by atoms with Crippen LogP contribution in [0.5, 0.6) is 0 Å². The monoisotopic (exact) mass is 199 g/mol. The van der Waals surface area contributed by atoms with Crippen LogP contribution in [0.2, 0.25) is 0 Å². The van der Waals surface area contributed by atoms with Crippen LogP contribution >= 0.6 is 0 Å². The first-order valence-electron chi connectivity index (χ1n) is 3.65. The van der Waals surface area contributed by atoms with Gasteiger partial charge in [0.05, 0.1) is 7.85 Å². The normalized spacial score (nSPS) is 12.2. The van der Waals surface area contributed by atoms with Crippen molar-refractivity contribution in [2.24, 2.45) is 0 Å². The van der Waals surface area contributed by atoms with Crippen molar-refractivity contribution in [3.63, 3.8) is 0 Å². The number of rotatable bonds is 3. The third kappa shape index (κ3) is 1.76. The fraction of sp³-hybridized carbons (Fsp3) is 0.500. The second-order valence-corrected chi connectivity index (χ2v) is 4.65. The van der Waals surface area contributed by atoms with Crippen molar-refractivity contribution in [2.45, 2.75) is 6.32 Å². The Balaban J connectivity index is 3.22. The molecule has 1 heterocycles. The Kier molecular flexibility index (Phi) is 2.77. The van der Waals surface area contributed by atoms with E-state index in [1.54, 1.807) is 0 Å². The number of aromatic nitrogens is 2. The van der Waals surface area contributed by atoms with Gasteiger partial charge in [0.15, 0.2) is 0 Å². The van der Waals surface area contributed by atoms with E-state index in [0.29, 0.717) is 5.82 Å². The van der Waals surface area contributed by atoms with Gasteiger partial charge < -0.3 is 0 Å². The van der Waals surface area contributed by atoms with Crippen molar-refractivity contribution in [1.29, 1.82) is 0 Å². The van der Waals surface area contributed by atoms with Gasteiger partial charge in [0, 0.05) is 26.5 Å². The van der Waals surface area contributed by atoms with Crippen LogP contribution in [0.1, 0.15) is 5.82 Å². The molecule has 5 nitrogen and oxygen atoms in total. The summed E-state index contributed by atoms with van der Waals surface area (Å²) in [6, 6.07) is 0. The van der Waals surface area contributed by atoms with Crippen LogP contribution < -0.4 is 0 Å². The van der Waals surface area contributed by atoms with Gasteiger partial charge >= 0.3 is 10.2 Å². The second-order valence-electron chi connectivity index (χ2n) is 2.63. The van der Waals surface area contributed by atoms with E-state index in [2.05, 4.69) is 4.98 Å². The Bertz CT molecular complexity index is 384. The second kappa shape index (κ2) is 3.51. The summed E-state index contributed by atoms with van der Waals surface area (Å²) in [7, 11) is 4.76. The van der Waals surface area contributed by atoms with E-state index in [9.17, 15) is 8.42 Å². The van der Waals surface area contributed by atoms with Crippen LogP contribution in [-0.2, 0) is 16.5 Å². The molecule has 1 aromatic rings. The Morgan fingerprint density at radius 1 is 1.62 bits per heavy atom. The molecule has 0 spiro atoms. The molecular formula is C6H10BN3O2S. The molecule has 0 aliphatic rings. The van der Waals surface area contributed by atoms with E-state index >= 15 is 0 Å². The molecule has 0 aliphatic carbocycles. The van der Waals surface area contributed by atoms with Gasteiger partial charge in [0.25, 0.3) is 0 Å². The predicted molar refractivity (Wildman–Crippen MR) is 49.7 cm³/mol. The zero-order valence-electron chi connectivity index (χ0n) is 7.51. The molecule has 0 aromatic carbocycles. The lowest BCUT2D eigenvalue weighted by atomic mass is 10.1. The highest BCUT2D eigenvalue weighted by Gasteiger charge is 2.18. The van der Waals surface area contributed by atoms with E-state index in [4.69, 9.17) is 7.85 Å². The third-order valence-corrected chi connectivity index (χ3v) is 3.33. The van der Waals surface area contributed by atoms with Gasteiger partial charge in [-0.3, -0.25) is 0 Å². The van der Waals surface area contributed by atoms with E-state index in [1.165, 1.54) is 26.5 Å². The highest BCUT2D eigenvalue weighted by Crippen LogP contribution is 2.05. The Morgan fingerprint density at radius 2 is 2.23 bits per heavy atom. The Labute approximate surface area is 79.0 Å². The first kappa shape index (κ1) is 10.3. The molecule has 0 aliphatic heterocycles. The van der Waals surface area contributed by atoms with E-state index < -0.39 is 10.2 Å². The van der Waals surface area contributed by atoms with Crippen molar-refractivity contribution >= 4 is 18.1 Å². The molecule has 0 bridgehead atoms. The van der Waals surface area contributed by atoms with Crippen LogP contribution in [-0.4, -0.2) is 43.6 Å². The molecule has 0 N–H and O–H groups in total. The van der Waals surface area contributed by atoms with Gasteiger partial charge in [-0.2, -0.15) is 12.7 Å². The summed E-state index contributed by atoms with van der Waals surface area (Å²) in [5.74, 6) is 0.328. The molecule has 2 radical (unpaired) electrons. The molecule has 0 unspecified atom stereocenters. The molecule has 13 heavy (non-hydrogen) atoms. The van der Waals surface area contributed by atoms with Crippen LogP contribution in [0.25, 0.3) is 0 Å². The molecule has 1 rings (SSSR count). The van der Waals surface area contributed by atoms with E-state index in [-0.39, 0.29) is 6.32 Å². The van der Waals surface area contributed by atoms with Crippen molar-refractivity contribution in [2.75, 3.05) is 14.1 Å². The quantitative estimate of drug-likeness (QED) is 0.599. The van der Waals surface area contributed by atoms with Crippen molar-refractivity contribution < 1.29 is 8.42 Å². The van der Waals surface area contributed by atoms with E-state index in [1.807, 2.05) is 0 Å². The third-order valence-electron chi connectivity index (χ3n) is 1.57. The lowest BCUT2D eigenvalue weighted by molar-refractivity contribution is 0.509. The van der Waals surface area contributed by atoms with Crippen LogP contribution in [0, 0.1) is 0 Å². The van der Waals surface area contributed by atoms with Gasteiger partial charge in [-0.05, 0) is 6.32 Å². The first-order chi connectivity index (χ1) is 6.00. The van der Waals surface area contributed by atoms with Gasteiger partial charge in [-0.1, -0.05) is 0 Å². The fourth-order valence-corrected chi connectivity index (χ4v) is 1.80. The van der Waals surface area contributed by atoms with Crippen molar-refractivity contribution in [3.8, 4) is 0 Å². The highest BCUT2D eigenvalue weighted by molar-refractivity contribution is 7.87. The number of hydrogen-bond donors (Lipinski definition) is 0. The summed E-state index contributed by atoms with van der Waals surface area (Å²) < 4.78 is 25.3. The zero-order valence-corrected chi connectivity index (χ0v) is 8.32. The lowest BCUT2D eigenvalue weighted by Crippen LogP contribution is -2.29. The van der Waals surface area contributed by atoms with Crippen molar-refractivity contribution in [1.82, 2.24) is 13.3 Å². The topological polar surface area (TPSA) is 55.2 Å². The summed E-state index contributed by atoms with van der Waals surface area (Å²) in [6.07, 6.45) is 2.88. The van der Waals surface area contributed by atoms with Gasteiger partial charge in [-0.15, -0.1) is 0 Å². The minimum absolute atomic E-state index is 0.0973. The van der Waals surface area contributed by atoms with Crippen LogP contribution in [0.4, 0.5) is 0 Å². The Hall–Kier alpha value is -0.815. The van der Waals surface area contributed by atoms with Crippen LogP contribution in [0.3, 0.4) is 0 Å². The highest BCUT2D eigenvalue weighted by atomic mass is 32.2. The number of nitrogens with zero attached hydrogens (tertiary/aromatic N) is 3. The molecule has 70 valence electrons. The first-order valence-corrected chi connectivity index (χ1v) is 5.05. The molecule has 0 saturated carbocycles. The molecular weight excluding hydrogens is 189 g/mol. The van der Waals surface area contributed by atoms with Crippen molar-refractivity contribution in [3.05, 3.63) is 18.2 Å². The summed E-state index contributed by atoms with van der Waals surface area (Å²) >= 11 is 0. The maximum atomic E-state index is 11.6. The molecule has 0 saturated heterocycles. The molecule has 1 aromatic heterocycles. The van der Waals surface area contributed by atoms with Crippen LogP contribution in [0.15, 0.2) is 12.4 Å². The maximum Gasteiger partial charge on any atom is 0.308 e. The van der Waals surface area contributed by atoms with Gasteiger partial charge in [0.1, 0.15) is 5.82 Å². The molecule has 0 fully saturated rings. The summed E-state index contributed by atoms with van der Waals surface area (Å²) in [6.45, 7) is 0. The molecule has 7 heteroatoms. The summed E-state index contributed by atoms with van der Waals surface area (Å²) in [5, 5.41) is 0. The average molecular weight is 199 g/mol. The minimum atomic E-state index is -3.47. The van der Waals surface area contributed by atoms with Gasteiger partial charge in [0.2, 0.25) is 0 Å². The largest absolute Gasteiger partial charge is 0.308 e.